The van der Waals surface area contributed by atoms with Gasteiger partial charge in [-0.15, -0.1) is 0 Å². The van der Waals surface area contributed by atoms with Crippen LogP contribution < -0.4 is 10.6 Å². The average Bonchev–Trinajstić information content (AvgIpc) is 3.25. The normalized spacial score (nSPS) is 10.3. The summed E-state index contributed by atoms with van der Waals surface area (Å²) < 4.78 is 10.3. The number of nitro benzene ring substituents is 1. The maximum Gasteiger partial charge on any atom is 0.340 e. The summed E-state index contributed by atoms with van der Waals surface area (Å²) in [5.41, 5.74) is 0.745. The summed E-state index contributed by atoms with van der Waals surface area (Å²) in [4.78, 5) is 34.6. The number of benzene rings is 2. The van der Waals surface area contributed by atoms with Gasteiger partial charge in [0, 0.05) is 17.8 Å². The minimum absolute atomic E-state index is 0.00338. The third kappa shape index (κ3) is 5.36. The second kappa shape index (κ2) is 9.57. The molecule has 0 radical (unpaired) electrons. The largest absolute Gasteiger partial charge is 0.467 e. The van der Waals surface area contributed by atoms with Gasteiger partial charge in [-0.1, -0.05) is 23.7 Å². The number of hydrogen-bond donors (Lipinski definition) is 2. The van der Waals surface area contributed by atoms with Crippen molar-refractivity contribution in [3.05, 3.63) is 87.3 Å². The molecule has 3 aromatic rings. The number of anilines is 2. The Kier molecular flexibility index (Phi) is 6.66. The van der Waals surface area contributed by atoms with E-state index in [1.54, 1.807) is 42.7 Å². The first kappa shape index (κ1) is 20.9. The summed E-state index contributed by atoms with van der Waals surface area (Å²) in [5, 5.41) is 16.2. The quantitative estimate of drug-likeness (QED) is 0.311. The molecule has 10 heteroatoms. The Morgan fingerprint density at radius 1 is 1.10 bits per heavy atom. The van der Waals surface area contributed by atoms with Crippen molar-refractivity contribution in [2.24, 2.45) is 0 Å². The zero-order valence-corrected chi connectivity index (χ0v) is 16.2. The van der Waals surface area contributed by atoms with Gasteiger partial charge in [0.15, 0.2) is 6.61 Å². The van der Waals surface area contributed by atoms with E-state index in [2.05, 4.69) is 10.6 Å². The first-order valence-corrected chi connectivity index (χ1v) is 9.08. The van der Waals surface area contributed by atoms with Crippen LogP contribution in [0.4, 0.5) is 17.1 Å². The second-order valence-electron chi connectivity index (χ2n) is 6.02. The fraction of sp³-hybridized carbons (Fsp3) is 0.100. The van der Waals surface area contributed by atoms with Gasteiger partial charge < -0.3 is 19.8 Å². The number of non-ortho nitro benzene ring substituents is 1. The lowest BCUT2D eigenvalue weighted by atomic mass is 10.2. The number of ether oxygens (including phenoxy) is 1. The topological polar surface area (TPSA) is 124 Å². The zero-order valence-electron chi connectivity index (χ0n) is 15.5. The van der Waals surface area contributed by atoms with Gasteiger partial charge in [0.25, 0.3) is 11.6 Å². The molecule has 2 N–H and O–H groups in total. The van der Waals surface area contributed by atoms with E-state index in [1.807, 2.05) is 0 Å². The number of halogens is 1. The standard InChI is InChI=1S/C20H16ClN3O6/c21-16-10-13(24(27)28)7-8-18(16)23-19(25)12-30-20(26)15-5-1-2-6-17(15)22-11-14-4-3-9-29-14/h1-10,22H,11-12H2,(H,23,25). The molecule has 1 aromatic heterocycles. The average molecular weight is 430 g/mol. The van der Waals surface area contributed by atoms with E-state index in [0.717, 1.165) is 6.07 Å². The third-order valence-corrected chi connectivity index (χ3v) is 4.26. The molecule has 0 aliphatic rings. The van der Waals surface area contributed by atoms with Gasteiger partial charge in [-0.3, -0.25) is 14.9 Å². The smallest absolute Gasteiger partial charge is 0.340 e. The van der Waals surface area contributed by atoms with Crippen LogP contribution >= 0.6 is 11.6 Å². The highest BCUT2D eigenvalue weighted by Crippen LogP contribution is 2.26. The van der Waals surface area contributed by atoms with Gasteiger partial charge in [-0.05, 0) is 30.3 Å². The molecule has 3 rings (SSSR count). The second-order valence-corrected chi connectivity index (χ2v) is 6.43. The summed E-state index contributed by atoms with van der Waals surface area (Å²) >= 11 is 5.93. The van der Waals surface area contributed by atoms with Crippen molar-refractivity contribution < 1.29 is 23.7 Å². The molecule has 0 unspecified atom stereocenters. The molecular weight excluding hydrogens is 414 g/mol. The maximum atomic E-state index is 12.4. The molecule has 1 heterocycles. The van der Waals surface area contributed by atoms with Crippen LogP contribution in [0.1, 0.15) is 16.1 Å². The van der Waals surface area contributed by atoms with Crippen LogP contribution in [0.25, 0.3) is 0 Å². The number of rotatable bonds is 8. The Hall–Kier alpha value is -3.85. The molecule has 1 amide bonds. The lowest BCUT2D eigenvalue weighted by Gasteiger charge is -2.11. The number of furan rings is 1. The van der Waals surface area contributed by atoms with Crippen LogP contribution in [-0.2, 0) is 16.1 Å². The zero-order chi connectivity index (χ0) is 21.5. The van der Waals surface area contributed by atoms with Crippen molar-refractivity contribution in [1.29, 1.82) is 0 Å². The Labute approximate surface area is 175 Å². The highest BCUT2D eigenvalue weighted by Gasteiger charge is 2.16. The van der Waals surface area contributed by atoms with Gasteiger partial charge in [0.1, 0.15) is 5.76 Å². The molecule has 0 spiro atoms. The van der Waals surface area contributed by atoms with Crippen molar-refractivity contribution in [3.8, 4) is 0 Å². The summed E-state index contributed by atoms with van der Waals surface area (Å²) in [6, 6.07) is 13.9. The number of nitrogens with one attached hydrogen (secondary N) is 2. The fourth-order valence-corrected chi connectivity index (χ4v) is 2.75. The number of para-hydroxylation sites is 1. The molecule has 0 bridgehead atoms. The summed E-state index contributed by atoms with van der Waals surface area (Å²) in [6.45, 7) is -0.185. The summed E-state index contributed by atoms with van der Waals surface area (Å²) in [7, 11) is 0. The predicted octanol–water partition coefficient (Wildman–Crippen LogP) is 4.25. The van der Waals surface area contributed by atoms with Crippen LogP contribution in [0, 0.1) is 10.1 Å². The van der Waals surface area contributed by atoms with Crippen molar-refractivity contribution >= 4 is 40.5 Å². The SMILES string of the molecule is O=C(COC(=O)c1ccccc1NCc1ccco1)Nc1ccc([N+](=O)[O-])cc1Cl. The maximum absolute atomic E-state index is 12.4. The molecule has 154 valence electrons. The Bertz CT molecular complexity index is 1070. The number of hydrogen-bond acceptors (Lipinski definition) is 7. The molecular formula is C20H16ClN3O6. The lowest BCUT2D eigenvalue weighted by Crippen LogP contribution is -2.21. The number of amides is 1. The fourth-order valence-electron chi connectivity index (χ4n) is 2.52. The monoisotopic (exact) mass is 429 g/mol. The van der Waals surface area contributed by atoms with Crippen molar-refractivity contribution in [3.63, 3.8) is 0 Å². The van der Waals surface area contributed by atoms with E-state index in [9.17, 15) is 19.7 Å². The van der Waals surface area contributed by atoms with E-state index in [-0.39, 0.29) is 22.0 Å². The minimum Gasteiger partial charge on any atom is -0.467 e. The Balaban J connectivity index is 1.58. The van der Waals surface area contributed by atoms with Crippen LogP contribution in [0.2, 0.25) is 5.02 Å². The molecule has 0 fully saturated rings. The molecule has 30 heavy (non-hydrogen) atoms. The molecule has 9 nitrogen and oxygen atoms in total. The molecule has 0 aliphatic carbocycles. The van der Waals surface area contributed by atoms with Crippen LogP contribution in [0.3, 0.4) is 0 Å². The van der Waals surface area contributed by atoms with Gasteiger partial charge in [-0.25, -0.2) is 4.79 Å². The van der Waals surface area contributed by atoms with E-state index >= 15 is 0 Å². The Morgan fingerprint density at radius 2 is 1.90 bits per heavy atom. The number of nitro groups is 1. The lowest BCUT2D eigenvalue weighted by molar-refractivity contribution is -0.384. The van der Waals surface area contributed by atoms with Gasteiger partial charge >= 0.3 is 5.97 Å². The molecule has 2 aromatic carbocycles. The highest BCUT2D eigenvalue weighted by molar-refractivity contribution is 6.34. The van der Waals surface area contributed by atoms with Crippen molar-refractivity contribution in [2.45, 2.75) is 6.54 Å². The van der Waals surface area contributed by atoms with E-state index in [0.29, 0.717) is 18.0 Å². The summed E-state index contributed by atoms with van der Waals surface area (Å²) in [5.74, 6) is -0.639. The van der Waals surface area contributed by atoms with Gasteiger partial charge in [0.05, 0.1) is 34.0 Å². The number of carbonyl (C=O) groups excluding carboxylic acids is 2. The van der Waals surface area contributed by atoms with Crippen molar-refractivity contribution in [1.82, 2.24) is 0 Å². The third-order valence-electron chi connectivity index (χ3n) is 3.95. The molecule has 0 saturated heterocycles. The van der Waals surface area contributed by atoms with E-state index in [4.69, 9.17) is 20.8 Å². The number of esters is 1. The molecule has 0 aliphatic heterocycles. The predicted molar refractivity (Wildman–Crippen MR) is 109 cm³/mol. The van der Waals surface area contributed by atoms with Crippen LogP contribution in [0.5, 0.6) is 0 Å². The number of carbonyl (C=O) groups is 2. The molecule has 0 atom stereocenters. The Morgan fingerprint density at radius 3 is 2.60 bits per heavy atom. The van der Waals surface area contributed by atoms with E-state index < -0.39 is 23.4 Å². The first-order chi connectivity index (χ1) is 14.4. The molecule has 0 saturated carbocycles. The van der Waals surface area contributed by atoms with Gasteiger partial charge in [0.2, 0.25) is 0 Å². The van der Waals surface area contributed by atoms with Crippen LogP contribution in [-0.4, -0.2) is 23.4 Å². The van der Waals surface area contributed by atoms with E-state index in [1.165, 1.54) is 12.1 Å². The highest BCUT2D eigenvalue weighted by atomic mass is 35.5. The van der Waals surface area contributed by atoms with Crippen molar-refractivity contribution in [2.75, 3.05) is 17.2 Å². The summed E-state index contributed by atoms with van der Waals surface area (Å²) in [6.07, 6.45) is 1.55. The minimum atomic E-state index is -0.692. The number of nitrogens with zero attached hydrogens (tertiary/aromatic N) is 1. The van der Waals surface area contributed by atoms with Gasteiger partial charge in [-0.2, -0.15) is 0 Å². The van der Waals surface area contributed by atoms with Crippen LogP contribution in [0.15, 0.2) is 65.3 Å². The first-order valence-electron chi connectivity index (χ1n) is 8.70.